The third kappa shape index (κ3) is 4.32. The first-order valence-corrected chi connectivity index (χ1v) is 8.19. The molecule has 5 nitrogen and oxygen atoms in total. The van der Waals surface area contributed by atoms with Gasteiger partial charge in [0, 0.05) is 17.9 Å². The molecule has 0 radical (unpaired) electrons. The molecule has 3 rings (SSSR count). The largest absolute Gasteiger partial charge is 0.416 e. The number of amides is 2. The summed E-state index contributed by atoms with van der Waals surface area (Å²) in [5.74, 6) is 0. The first kappa shape index (κ1) is 17.3. The number of carbonyl (C=O) groups excluding carboxylic acids is 1. The monoisotopic (exact) mass is 352 g/mol. The number of nitrogens with one attached hydrogen (secondary N) is 2. The van der Waals surface area contributed by atoms with Gasteiger partial charge in [-0.05, 0) is 49.4 Å². The molecule has 2 aromatic rings. The van der Waals surface area contributed by atoms with Crippen LogP contribution < -0.4 is 10.6 Å². The van der Waals surface area contributed by atoms with Gasteiger partial charge < -0.3 is 10.6 Å². The van der Waals surface area contributed by atoms with Gasteiger partial charge in [-0.15, -0.1) is 0 Å². The van der Waals surface area contributed by atoms with Gasteiger partial charge in [0.25, 0.3) is 0 Å². The van der Waals surface area contributed by atoms with E-state index in [1.807, 2.05) is 10.9 Å². The molecule has 1 aromatic carbocycles. The van der Waals surface area contributed by atoms with E-state index in [9.17, 15) is 18.0 Å². The summed E-state index contributed by atoms with van der Waals surface area (Å²) in [4.78, 5) is 11.9. The van der Waals surface area contributed by atoms with E-state index in [-0.39, 0.29) is 5.69 Å². The number of fused-ring (bicyclic) bond motifs is 1. The van der Waals surface area contributed by atoms with Crippen molar-refractivity contribution in [2.45, 2.75) is 38.4 Å². The van der Waals surface area contributed by atoms with Crippen LogP contribution in [0.2, 0.25) is 0 Å². The maximum absolute atomic E-state index is 12.7. The van der Waals surface area contributed by atoms with E-state index in [2.05, 4.69) is 15.7 Å². The van der Waals surface area contributed by atoms with Crippen LogP contribution in [0, 0.1) is 0 Å². The van der Waals surface area contributed by atoms with Gasteiger partial charge in [0.1, 0.15) is 0 Å². The Labute approximate surface area is 143 Å². The second kappa shape index (κ2) is 7.16. The molecule has 25 heavy (non-hydrogen) atoms. The average molecular weight is 352 g/mol. The fourth-order valence-corrected chi connectivity index (χ4v) is 2.97. The molecule has 2 amide bonds. The number of rotatable bonds is 4. The lowest BCUT2D eigenvalue weighted by molar-refractivity contribution is -0.137. The summed E-state index contributed by atoms with van der Waals surface area (Å²) < 4.78 is 39.9. The number of aryl methyl sites for hydroxylation is 1. The molecule has 2 N–H and O–H groups in total. The van der Waals surface area contributed by atoms with Gasteiger partial charge in [0.15, 0.2) is 0 Å². The number of urea groups is 1. The van der Waals surface area contributed by atoms with Crippen molar-refractivity contribution >= 4 is 11.7 Å². The fraction of sp³-hybridized carbons (Fsp3) is 0.412. The van der Waals surface area contributed by atoms with E-state index in [0.717, 1.165) is 31.4 Å². The minimum atomic E-state index is -4.44. The molecule has 0 saturated carbocycles. The van der Waals surface area contributed by atoms with E-state index < -0.39 is 17.8 Å². The van der Waals surface area contributed by atoms with Crippen molar-refractivity contribution in [2.24, 2.45) is 0 Å². The number of anilines is 1. The third-order valence-electron chi connectivity index (χ3n) is 4.20. The highest BCUT2D eigenvalue weighted by Gasteiger charge is 2.30. The van der Waals surface area contributed by atoms with Crippen LogP contribution in [0.25, 0.3) is 0 Å². The summed E-state index contributed by atoms with van der Waals surface area (Å²) in [7, 11) is 0. The van der Waals surface area contributed by atoms with E-state index >= 15 is 0 Å². The molecule has 1 aliphatic carbocycles. The predicted octanol–water partition coefficient (Wildman–Crippen LogP) is 3.60. The molecular formula is C17H19F3N4O. The Morgan fingerprint density at radius 3 is 2.84 bits per heavy atom. The quantitative estimate of drug-likeness (QED) is 0.883. The van der Waals surface area contributed by atoms with Gasteiger partial charge in [0.05, 0.1) is 18.3 Å². The highest BCUT2D eigenvalue weighted by atomic mass is 19.4. The van der Waals surface area contributed by atoms with Gasteiger partial charge in [-0.25, -0.2) is 4.79 Å². The van der Waals surface area contributed by atoms with Gasteiger partial charge in [0.2, 0.25) is 0 Å². The second-order valence-corrected chi connectivity index (χ2v) is 6.01. The minimum absolute atomic E-state index is 0.101. The van der Waals surface area contributed by atoms with Crippen LogP contribution >= 0.6 is 0 Å². The van der Waals surface area contributed by atoms with Crippen molar-refractivity contribution in [3.05, 3.63) is 47.3 Å². The molecule has 0 atom stereocenters. The average Bonchev–Trinajstić information content (AvgIpc) is 2.98. The van der Waals surface area contributed by atoms with E-state index in [1.165, 1.54) is 29.8 Å². The van der Waals surface area contributed by atoms with Crippen LogP contribution in [0.15, 0.2) is 30.5 Å². The first-order valence-electron chi connectivity index (χ1n) is 8.19. The summed E-state index contributed by atoms with van der Waals surface area (Å²) in [5.41, 5.74) is 1.78. The first-order chi connectivity index (χ1) is 11.9. The number of halogens is 3. The van der Waals surface area contributed by atoms with Crippen LogP contribution in [-0.4, -0.2) is 22.4 Å². The Bertz CT molecular complexity index is 755. The Morgan fingerprint density at radius 2 is 2.04 bits per heavy atom. The zero-order valence-corrected chi connectivity index (χ0v) is 13.6. The number of benzene rings is 1. The Hall–Kier alpha value is -2.51. The summed E-state index contributed by atoms with van der Waals surface area (Å²) in [6.07, 6.45) is 1.79. The van der Waals surface area contributed by atoms with Gasteiger partial charge in [-0.1, -0.05) is 6.07 Å². The highest BCUT2D eigenvalue weighted by Crippen LogP contribution is 2.30. The smallest absolute Gasteiger partial charge is 0.336 e. The molecule has 1 aliphatic rings. The highest BCUT2D eigenvalue weighted by molar-refractivity contribution is 5.89. The van der Waals surface area contributed by atoms with Crippen molar-refractivity contribution in [1.82, 2.24) is 15.1 Å². The van der Waals surface area contributed by atoms with E-state index in [4.69, 9.17) is 0 Å². The number of hydrogen-bond donors (Lipinski definition) is 2. The molecule has 0 aliphatic heterocycles. The maximum Gasteiger partial charge on any atom is 0.416 e. The fourth-order valence-electron chi connectivity index (χ4n) is 2.97. The molecule has 134 valence electrons. The van der Waals surface area contributed by atoms with Crippen LogP contribution in [0.3, 0.4) is 0 Å². The Morgan fingerprint density at radius 1 is 1.24 bits per heavy atom. The Kier molecular flexibility index (Phi) is 4.96. The summed E-state index contributed by atoms with van der Waals surface area (Å²) in [5, 5.41) is 9.40. The number of aromatic nitrogens is 2. The molecule has 0 spiro atoms. The molecular weight excluding hydrogens is 333 g/mol. The summed E-state index contributed by atoms with van der Waals surface area (Å²) in [6, 6.07) is 4.00. The number of alkyl halides is 3. The van der Waals surface area contributed by atoms with Crippen molar-refractivity contribution in [2.75, 3.05) is 11.9 Å². The zero-order valence-electron chi connectivity index (χ0n) is 13.6. The lowest BCUT2D eigenvalue weighted by Crippen LogP contribution is -2.32. The lowest BCUT2D eigenvalue weighted by atomic mass is 9.98. The number of nitrogens with zero attached hydrogens (tertiary/aromatic N) is 2. The second-order valence-electron chi connectivity index (χ2n) is 6.01. The van der Waals surface area contributed by atoms with Gasteiger partial charge in [-0.3, -0.25) is 4.68 Å². The molecule has 1 heterocycles. The molecule has 0 unspecified atom stereocenters. The molecule has 8 heteroatoms. The molecule has 0 bridgehead atoms. The van der Waals surface area contributed by atoms with Crippen molar-refractivity contribution in [3.63, 3.8) is 0 Å². The third-order valence-corrected chi connectivity index (χ3v) is 4.20. The lowest BCUT2D eigenvalue weighted by Gasteiger charge is -2.14. The summed E-state index contributed by atoms with van der Waals surface area (Å²) >= 11 is 0. The predicted molar refractivity (Wildman–Crippen MR) is 87.3 cm³/mol. The van der Waals surface area contributed by atoms with Crippen LogP contribution in [-0.2, 0) is 25.6 Å². The van der Waals surface area contributed by atoms with Gasteiger partial charge >= 0.3 is 12.2 Å². The number of hydrogen-bond acceptors (Lipinski definition) is 2. The Balaban J connectivity index is 1.51. The van der Waals surface area contributed by atoms with E-state index in [0.29, 0.717) is 13.1 Å². The van der Waals surface area contributed by atoms with Crippen LogP contribution in [0.5, 0.6) is 0 Å². The maximum atomic E-state index is 12.7. The van der Waals surface area contributed by atoms with Crippen LogP contribution in [0.4, 0.5) is 23.7 Å². The van der Waals surface area contributed by atoms with Crippen molar-refractivity contribution in [1.29, 1.82) is 0 Å². The van der Waals surface area contributed by atoms with Crippen molar-refractivity contribution in [3.8, 4) is 0 Å². The molecule has 0 fully saturated rings. The molecule has 1 aromatic heterocycles. The number of carbonyl (C=O) groups is 1. The van der Waals surface area contributed by atoms with Crippen LogP contribution in [0.1, 0.15) is 29.7 Å². The van der Waals surface area contributed by atoms with E-state index in [1.54, 1.807) is 0 Å². The zero-order chi connectivity index (χ0) is 17.9. The topological polar surface area (TPSA) is 59.0 Å². The SMILES string of the molecule is O=C(NCCn1ncc2c1CCCC2)Nc1cccc(C(F)(F)F)c1. The molecule has 0 saturated heterocycles. The van der Waals surface area contributed by atoms with Gasteiger partial charge in [-0.2, -0.15) is 18.3 Å². The standard InChI is InChI=1S/C17H19F3N4O/c18-17(19,20)13-5-3-6-14(10-13)23-16(25)21-8-9-24-15-7-2-1-4-12(15)11-22-24/h3,5-6,10-11H,1-2,4,7-9H2,(H2,21,23,25). The minimum Gasteiger partial charge on any atom is -0.336 e. The normalized spacial score (nSPS) is 14.0. The van der Waals surface area contributed by atoms with Crippen molar-refractivity contribution < 1.29 is 18.0 Å². The summed E-state index contributed by atoms with van der Waals surface area (Å²) in [6.45, 7) is 0.879.